The normalized spacial score (nSPS) is 12.0. The molecule has 4 heteroatoms. The summed E-state index contributed by atoms with van der Waals surface area (Å²) in [5.41, 5.74) is 4.18. The molecule has 0 heterocycles. The third-order valence-corrected chi connectivity index (χ3v) is 4.90. The second kappa shape index (κ2) is 8.55. The lowest BCUT2D eigenvalue weighted by Gasteiger charge is -2.33. The number of benzene rings is 2. The average molecular weight is 364 g/mol. The molecule has 0 fully saturated rings. The van der Waals surface area contributed by atoms with Crippen molar-refractivity contribution < 1.29 is 4.79 Å². The van der Waals surface area contributed by atoms with Crippen LogP contribution in [0.3, 0.4) is 0 Å². The Morgan fingerprint density at radius 3 is 2.12 bits per heavy atom. The number of anilines is 1. The molecular weight excluding hydrogens is 341 g/mol. The van der Waals surface area contributed by atoms with Crippen LogP contribution in [-0.2, 0) is 17.6 Å². The number of halogens is 2. The monoisotopic (exact) mass is 363 g/mol. The summed E-state index contributed by atoms with van der Waals surface area (Å²) in [7, 11) is 0. The second-order valence-corrected chi connectivity index (χ2v) is 6.40. The van der Waals surface area contributed by atoms with Crippen LogP contribution in [-0.4, -0.2) is 11.8 Å². The van der Waals surface area contributed by atoms with Gasteiger partial charge in [-0.3, -0.25) is 4.79 Å². The summed E-state index contributed by atoms with van der Waals surface area (Å²) < 4.78 is 0. The Bertz CT molecular complexity index is 692. The smallest absolute Gasteiger partial charge is 0.242 e. The highest BCUT2D eigenvalue weighted by Gasteiger charge is 2.27. The molecule has 1 amide bonds. The summed E-state index contributed by atoms with van der Waals surface area (Å²) >= 11 is 12.3. The predicted octanol–water partition coefficient (Wildman–Crippen LogP) is 5.80. The van der Waals surface area contributed by atoms with Gasteiger partial charge < -0.3 is 4.90 Å². The third kappa shape index (κ3) is 3.76. The number of nitrogens with zero attached hydrogens (tertiary/aromatic N) is 1. The lowest BCUT2D eigenvalue weighted by molar-refractivity contribution is -0.116. The van der Waals surface area contributed by atoms with Crippen molar-refractivity contribution in [1.82, 2.24) is 0 Å². The van der Waals surface area contributed by atoms with Gasteiger partial charge in [-0.2, -0.15) is 0 Å². The summed E-state index contributed by atoms with van der Waals surface area (Å²) in [5.74, 6) is -0.171. The Labute approximate surface area is 154 Å². The van der Waals surface area contributed by atoms with Gasteiger partial charge in [0.2, 0.25) is 5.91 Å². The summed E-state index contributed by atoms with van der Waals surface area (Å²) in [6, 6.07) is 13.6. The summed E-state index contributed by atoms with van der Waals surface area (Å²) in [4.78, 5) is 14.5. The molecule has 2 rings (SSSR count). The molecule has 2 aromatic rings. The first-order valence-electron chi connectivity index (χ1n) is 8.28. The molecule has 0 saturated carbocycles. The molecule has 0 aliphatic carbocycles. The topological polar surface area (TPSA) is 20.3 Å². The zero-order valence-corrected chi connectivity index (χ0v) is 15.9. The maximum atomic E-state index is 12.7. The number of alkyl halides is 1. The van der Waals surface area contributed by atoms with E-state index in [0.29, 0.717) is 5.02 Å². The van der Waals surface area contributed by atoms with E-state index in [0.717, 1.165) is 35.2 Å². The highest BCUT2D eigenvalue weighted by atomic mass is 35.5. The van der Waals surface area contributed by atoms with Gasteiger partial charge in [-0.25, -0.2) is 0 Å². The van der Waals surface area contributed by atoms with Crippen LogP contribution in [0.1, 0.15) is 43.5 Å². The van der Waals surface area contributed by atoms with Gasteiger partial charge in [0.15, 0.2) is 0 Å². The Hall–Kier alpha value is -1.51. The molecule has 2 aromatic carbocycles. The van der Waals surface area contributed by atoms with Crippen LogP contribution in [0, 0.1) is 0 Å². The van der Waals surface area contributed by atoms with Crippen LogP contribution in [0.15, 0.2) is 42.5 Å². The van der Waals surface area contributed by atoms with Gasteiger partial charge in [0, 0.05) is 5.02 Å². The van der Waals surface area contributed by atoms with E-state index in [4.69, 9.17) is 23.2 Å². The first-order chi connectivity index (χ1) is 11.5. The molecular formula is C20H23Cl2NO. The van der Waals surface area contributed by atoms with E-state index in [2.05, 4.69) is 26.0 Å². The van der Waals surface area contributed by atoms with Crippen molar-refractivity contribution in [3.05, 3.63) is 64.2 Å². The van der Waals surface area contributed by atoms with Gasteiger partial charge in [-0.05, 0) is 42.5 Å². The highest BCUT2D eigenvalue weighted by Crippen LogP contribution is 2.36. The van der Waals surface area contributed by atoms with E-state index in [-0.39, 0.29) is 17.8 Å². The fraction of sp³-hybridized carbons (Fsp3) is 0.350. The number of rotatable bonds is 6. The van der Waals surface area contributed by atoms with Crippen molar-refractivity contribution in [2.75, 3.05) is 10.8 Å². The van der Waals surface area contributed by atoms with Crippen molar-refractivity contribution in [3.8, 4) is 0 Å². The zero-order valence-electron chi connectivity index (χ0n) is 14.4. The fourth-order valence-electron chi connectivity index (χ4n) is 3.08. The molecule has 0 N–H and O–H groups in total. The van der Waals surface area contributed by atoms with Crippen LogP contribution in [0.5, 0.6) is 0 Å². The molecule has 1 unspecified atom stereocenters. The van der Waals surface area contributed by atoms with Gasteiger partial charge in [0.05, 0.1) is 11.7 Å². The maximum Gasteiger partial charge on any atom is 0.242 e. The van der Waals surface area contributed by atoms with Crippen LogP contribution >= 0.6 is 23.2 Å². The largest absolute Gasteiger partial charge is 0.304 e. The van der Waals surface area contributed by atoms with Gasteiger partial charge >= 0.3 is 0 Å². The highest BCUT2D eigenvalue weighted by molar-refractivity contribution is 6.32. The van der Waals surface area contributed by atoms with E-state index in [1.807, 2.05) is 42.2 Å². The van der Waals surface area contributed by atoms with Crippen LogP contribution in [0.25, 0.3) is 0 Å². The molecule has 0 aliphatic rings. The minimum atomic E-state index is -0.192. The zero-order chi connectivity index (χ0) is 17.7. The SMILES string of the molecule is CCc1cccc(CC)c1N(C(=O)CCl)C(C)c1ccccc1Cl. The molecule has 0 spiro atoms. The van der Waals surface area contributed by atoms with E-state index in [1.54, 1.807) is 0 Å². The van der Waals surface area contributed by atoms with E-state index < -0.39 is 0 Å². The first kappa shape index (κ1) is 18.8. The molecule has 0 aromatic heterocycles. The van der Waals surface area contributed by atoms with Gasteiger partial charge in [-0.1, -0.05) is 61.8 Å². The molecule has 0 aliphatic heterocycles. The standard InChI is InChI=1S/C20H23Cl2NO/c1-4-15-9-8-10-16(5-2)20(15)23(19(24)13-21)14(3)17-11-6-7-12-18(17)22/h6-12,14H,4-5,13H2,1-3H3. The number of hydrogen-bond donors (Lipinski definition) is 0. The maximum absolute atomic E-state index is 12.7. The van der Waals surface area contributed by atoms with Gasteiger partial charge in [0.1, 0.15) is 5.88 Å². The predicted molar refractivity (Wildman–Crippen MR) is 103 cm³/mol. The van der Waals surface area contributed by atoms with Crippen molar-refractivity contribution >= 4 is 34.8 Å². The second-order valence-electron chi connectivity index (χ2n) is 5.73. The van der Waals surface area contributed by atoms with E-state index >= 15 is 0 Å². The Morgan fingerprint density at radius 1 is 1.04 bits per heavy atom. The van der Waals surface area contributed by atoms with Crippen molar-refractivity contribution in [2.24, 2.45) is 0 Å². The first-order valence-corrected chi connectivity index (χ1v) is 9.19. The molecule has 0 radical (unpaired) electrons. The summed E-state index contributed by atoms with van der Waals surface area (Å²) in [6.45, 7) is 6.20. The van der Waals surface area contributed by atoms with Gasteiger partial charge in [0.25, 0.3) is 0 Å². The minimum absolute atomic E-state index is 0.0595. The summed E-state index contributed by atoms with van der Waals surface area (Å²) in [5, 5.41) is 0.657. The lowest BCUT2D eigenvalue weighted by atomic mass is 9.98. The number of carbonyl (C=O) groups is 1. The molecule has 0 bridgehead atoms. The van der Waals surface area contributed by atoms with Crippen LogP contribution in [0.4, 0.5) is 5.69 Å². The van der Waals surface area contributed by atoms with Gasteiger partial charge in [-0.15, -0.1) is 11.6 Å². The van der Waals surface area contributed by atoms with E-state index in [1.165, 1.54) is 0 Å². The fourth-order valence-corrected chi connectivity index (χ4v) is 3.50. The third-order valence-electron chi connectivity index (χ3n) is 4.33. The number of amides is 1. The summed E-state index contributed by atoms with van der Waals surface area (Å²) in [6.07, 6.45) is 1.70. The molecule has 0 saturated heterocycles. The quantitative estimate of drug-likeness (QED) is 0.594. The van der Waals surface area contributed by atoms with Crippen molar-refractivity contribution in [2.45, 2.75) is 39.7 Å². The number of hydrogen-bond acceptors (Lipinski definition) is 1. The number of aryl methyl sites for hydroxylation is 2. The number of para-hydroxylation sites is 1. The molecule has 128 valence electrons. The number of carbonyl (C=O) groups excluding carboxylic acids is 1. The minimum Gasteiger partial charge on any atom is -0.304 e. The Morgan fingerprint density at radius 2 is 1.62 bits per heavy atom. The van der Waals surface area contributed by atoms with Crippen LogP contribution in [0.2, 0.25) is 5.02 Å². The van der Waals surface area contributed by atoms with Crippen molar-refractivity contribution in [3.63, 3.8) is 0 Å². The molecule has 24 heavy (non-hydrogen) atoms. The Kier molecular flexibility index (Phi) is 6.70. The molecule has 1 atom stereocenters. The average Bonchev–Trinajstić information content (AvgIpc) is 2.61. The molecule has 2 nitrogen and oxygen atoms in total. The lowest BCUT2D eigenvalue weighted by Crippen LogP contribution is -2.36. The Balaban J connectivity index is 2.63. The van der Waals surface area contributed by atoms with Crippen molar-refractivity contribution in [1.29, 1.82) is 0 Å². The van der Waals surface area contributed by atoms with Crippen LogP contribution < -0.4 is 4.90 Å². The van der Waals surface area contributed by atoms with E-state index in [9.17, 15) is 4.79 Å².